The van der Waals surface area contributed by atoms with Gasteiger partial charge in [0.15, 0.2) is 0 Å². The van der Waals surface area contributed by atoms with E-state index in [1.165, 1.54) is 0 Å². The zero-order valence-corrected chi connectivity index (χ0v) is 16.8. The predicted octanol–water partition coefficient (Wildman–Crippen LogP) is 2.83. The number of hydrogen-bond donors (Lipinski definition) is 3. The summed E-state index contributed by atoms with van der Waals surface area (Å²) in [6.45, 7) is 2.71. The molecule has 31 heavy (non-hydrogen) atoms. The van der Waals surface area contributed by atoms with Crippen LogP contribution in [0, 0.1) is 0 Å². The minimum Gasteiger partial charge on any atom is -0.398 e. The van der Waals surface area contributed by atoms with Crippen LogP contribution in [-0.2, 0) is 4.74 Å². The molecule has 0 unspecified atom stereocenters. The third kappa shape index (κ3) is 4.03. The molecule has 5 N–H and O–H groups in total. The summed E-state index contributed by atoms with van der Waals surface area (Å²) in [6.07, 6.45) is 3.43. The molecular weight excluding hydrogens is 392 g/mol. The molecule has 0 amide bonds. The lowest BCUT2D eigenvalue weighted by molar-refractivity contribution is 0.122. The Balaban J connectivity index is 1.56. The van der Waals surface area contributed by atoms with E-state index in [1.54, 1.807) is 18.5 Å². The first-order valence-electron chi connectivity index (χ1n) is 10.0. The quantitative estimate of drug-likeness (QED) is 0.462. The maximum Gasteiger partial charge on any atom is 0.228 e. The molecule has 0 atom stereocenters. The Kier molecular flexibility index (Phi) is 4.93. The van der Waals surface area contributed by atoms with Crippen molar-refractivity contribution in [1.29, 1.82) is 0 Å². The number of aromatic nitrogens is 4. The van der Waals surface area contributed by atoms with Crippen molar-refractivity contribution in [3.63, 3.8) is 0 Å². The Bertz CT molecular complexity index is 1240. The Hall–Kier alpha value is -3.98. The van der Waals surface area contributed by atoms with Gasteiger partial charge in [-0.05, 0) is 12.1 Å². The molecule has 3 aromatic heterocycles. The highest BCUT2D eigenvalue weighted by atomic mass is 16.5. The van der Waals surface area contributed by atoms with Gasteiger partial charge in [-0.3, -0.25) is 4.98 Å². The minimum atomic E-state index is 0.365. The number of nitrogens with one attached hydrogen (secondary N) is 1. The molecule has 4 aromatic rings. The lowest BCUT2D eigenvalue weighted by Gasteiger charge is -2.27. The van der Waals surface area contributed by atoms with E-state index in [2.05, 4.69) is 20.2 Å². The normalized spacial score (nSPS) is 14.0. The van der Waals surface area contributed by atoms with Crippen molar-refractivity contribution in [3.8, 4) is 11.3 Å². The van der Waals surface area contributed by atoms with Crippen molar-refractivity contribution in [2.24, 2.45) is 0 Å². The number of morpholine rings is 1. The van der Waals surface area contributed by atoms with E-state index in [1.807, 2.05) is 36.4 Å². The van der Waals surface area contributed by atoms with Gasteiger partial charge >= 0.3 is 0 Å². The van der Waals surface area contributed by atoms with Gasteiger partial charge in [0.05, 0.1) is 36.3 Å². The van der Waals surface area contributed by atoms with Gasteiger partial charge in [-0.2, -0.15) is 4.98 Å². The largest absolute Gasteiger partial charge is 0.398 e. The number of benzene rings is 1. The number of para-hydroxylation sites is 1. The van der Waals surface area contributed by atoms with Crippen LogP contribution in [0.1, 0.15) is 0 Å². The van der Waals surface area contributed by atoms with Crippen LogP contribution in [0.15, 0.2) is 54.9 Å². The smallest absolute Gasteiger partial charge is 0.228 e. The summed E-state index contributed by atoms with van der Waals surface area (Å²) in [5.74, 6) is 1.61. The molecule has 9 nitrogen and oxygen atoms in total. The van der Waals surface area contributed by atoms with Crippen LogP contribution in [-0.4, -0.2) is 46.2 Å². The van der Waals surface area contributed by atoms with Crippen LogP contribution in [0.25, 0.3) is 22.2 Å². The Morgan fingerprint density at radius 1 is 0.935 bits per heavy atom. The first kappa shape index (κ1) is 19.0. The van der Waals surface area contributed by atoms with E-state index < -0.39 is 0 Å². The van der Waals surface area contributed by atoms with Gasteiger partial charge in [0, 0.05) is 48.1 Å². The summed E-state index contributed by atoms with van der Waals surface area (Å²) < 4.78 is 5.47. The van der Waals surface area contributed by atoms with E-state index in [0.717, 1.165) is 29.7 Å². The lowest BCUT2D eigenvalue weighted by Crippen LogP contribution is -2.37. The van der Waals surface area contributed by atoms with Gasteiger partial charge in [0.2, 0.25) is 5.95 Å². The standard InChI is InChI=1S/C22H22N8O/c23-17-10-20(24)26-13-16(17)19-11-21(29-22(28-19)30-5-7-31-8-6-30)27-15-9-14-3-1-2-4-18(14)25-12-15/h1-4,9-13H,5-8H2,(H4,23,24,26)(H,27,28,29). The molecule has 1 aromatic carbocycles. The molecule has 0 saturated carbocycles. The number of pyridine rings is 2. The number of nitrogen functional groups attached to an aromatic ring is 2. The molecule has 0 radical (unpaired) electrons. The number of rotatable bonds is 4. The number of nitrogens with two attached hydrogens (primary N) is 2. The van der Waals surface area contributed by atoms with E-state index in [-0.39, 0.29) is 0 Å². The molecule has 9 heteroatoms. The van der Waals surface area contributed by atoms with Crippen LogP contribution in [0.4, 0.5) is 29.0 Å². The van der Waals surface area contributed by atoms with Gasteiger partial charge in [0.25, 0.3) is 0 Å². The van der Waals surface area contributed by atoms with Gasteiger partial charge in [0.1, 0.15) is 11.6 Å². The second-order valence-corrected chi connectivity index (χ2v) is 7.28. The van der Waals surface area contributed by atoms with E-state index in [9.17, 15) is 0 Å². The van der Waals surface area contributed by atoms with Crippen molar-refractivity contribution >= 4 is 39.9 Å². The molecule has 1 saturated heterocycles. The molecule has 1 aliphatic rings. The SMILES string of the molecule is Nc1cc(N)c(-c2cc(Nc3cnc4ccccc4c3)nc(N3CCOCC3)n2)cn1. The van der Waals surface area contributed by atoms with Crippen LogP contribution >= 0.6 is 0 Å². The summed E-state index contributed by atoms with van der Waals surface area (Å²) in [6, 6.07) is 13.5. The number of hydrogen-bond acceptors (Lipinski definition) is 9. The molecule has 1 aliphatic heterocycles. The van der Waals surface area contributed by atoms with Crippen LogP contribution < -0.4 is 21.7 Å². The van der Waals surface area contributed by atoms with Gasteiger partial charge in [-0.25, -0.2) is 9.97 Å². The fourth-order valence-corrected chi connectivity index (χ4v) is 3.53. The average Bonchev–Trinajstić information content (AvgIpc) is 2.79. The van der Waals surface area contributed by atoms with Crippen LogP contribution in [0.5, 0.6) is 0 Å². The fraction of sp³-hybridized carbons (Fsp3) is 0.182. The Morgan fingerprint density at radius 3 is 2.61 bits per heavy atom. The van der Waals surface area contributed by atoms with E-state index in [0.29, 0.717) is 47.7 Å². The predicted molar refractivity (Wildman–Crippen MR) is 122 cm³/mol. The second kappa shape index (κ2) is 8.04. The fourth-order valence-electron chi connectivity index (χ4n) is 3.53. The first-order chi connectivity index (χ1) is 15.2. The summed E-state index contributed by atoms with van der Waals surface area (Å²) in [5.41, 5.74) is 15.6. The maximum absolute atomic E-state index is 6.20. The van der Waals surface area contributed by atoms with Crippen LogP contribution in [0.2, 0.25) is 0 Å². The molecule has 0 bridgehead atoms. The maximum atomic E-state index is 6.20. The van der Waals surface area contributed by atoms with Crippen molar-refractivity contribution in [1.82, 2.24) is 19.9 Å². The van der Waals surface area contributed by atoms with Gasteiger partial charge in [-0.15, -0.1) is 0 Å². The third-order valence-corrected chi connectivity index (χ3v) is 5.10. The van der Waals surface area contributed by atoms with Crippen molar-refractivity contribution in [2.45, 2.75) is 0 Å². The van der Waals surface area contributed by atoms with Crippen molar-refractivity contribution in [3.05, 3.63) is 54.9 Å². The highest BCUT2D eigenvalue weighted by molar-refractivity contribution is 5.83. The first-order valence-corrected chi connectivity index (χ1v) is 10.0. The summed E-state index contributed by atoms with van der Waals surface area (Å²) >= 11 is 0. The van der Waals surface area contributed by atoms with Gasteiger partial charge in [-0.1, -0.05) is 18.2 Å². The van der Waals surface area contributed by atoms with Crippen molar-refractivity contribution < 1.29 is 4.74 Å². The minimum absolute atomic E-state index is 0.365. The zero-order valence-electron chi connectivity index (χ0n) is 16.8. The number of ether oxygens (including phenoxy) is 1. The molecule has 1 fully saturated rings. The van der Waals surface area contributed by atoms with Crippen molar-refractivity contribution in [2.75, 3.05) is 48.0 Å². The van der Waals surface area contributed by atoms with E-state index >= 15 is 0 Å². The highest BCUT2D eigenvalue weighted by Gasteiger charge is 2.18. The molecule has 4 heterocycles. The number of anilines is 5. The van der Waals surface area contributed by atoms with E-state index in [4.69, 9.17) is 26.2 Å². The van der Waals surface area contributed by atoms with Crippen LogP contribution in [0.3, 0.4) is 0 Å². The summed E-state index contributed by atoms with van der Waals surface area (Å²) in [7, 11) is 0. The second-order valence-electron chi connectivity index (χ2n) is 7.28. The highest BCUT2D eigenvalue weighted by Crippen LogP contribution is 2.29. The molecule has 0 spiro atoms. The monoisotopic (exact) mass is 414 g/mol. The Labute approximate surface area is 179 Å². The topological polar surface area (TPSA) is 128 Å². The summed E-state index contributed by atoms with van der Waals surface area (Å²) in [4.78, 5) is 20.3. The molecule has 0 aliphatic carbocycles. The average molecular weight is 414 g/mol. The molecule has 5 rings (SSSR count). The number of fused-ring (bicyclic) bond motifs is 1. The van der Waals surface area contributed by atoms with Gasteiger partial charge < -0.3 is 26.4 Å². The molecular formula is C22H22N8O. The number of nitrogens with zero attached hydrogens (tertiary/aromatic N) is 5. The zero-order chi connectivity index (χ0) is 21.2. The third-order valence-electron chi connectivity index (χ3n) is 5.10. The Morgan fingerprint density at radius 2 is 1.77 bits per heavy atom. The lowest BCUT2D eigenvalue weighted by atomic mass is 10.1. The summed E-state index contributed by atoms with van der Waals surface area (Å²) in [5, 5.41) is 4.40. The molecule has 156 valence electrons.